The molecule has 1 aliphatic rings. The minimum atomic E-state index is -1.59. The van der Waals surface area contributed by atoms with Crippen LogP contribution in [0.4, 0.5) is 4.79 Å². The second-order valence-electron chi connectivity index (χ2n) is 8.01. The molecule has 2 atom stereocenters. The summed E-state index contributed by atoms with van der Waals surface area (Å²) in [6.07, 6.45) is 3.27. The highest BCUT2D eigenvalue weighted by atomic mass is 16.5. The lowest BCUT2D eigenvalue weighted by Crippen LogP contribution is -2.47. The van der Waals surface area contributed by atoms with Gasteiger partial charge in [0, 0.05) is 12.9 Å². The molecule has 1 aliphatic heterocycles. The number of nitriles is 1. The number of likely N-dealkylation sites (tertiary alicyclic amines) is 1. The van der Waals surface area contributed by atoms with Crippen LogP contribution in [-0.4, -0.2) is 53.3 Å². The maximum atomic E-state index is 12.8. The summed E-state index contributed by atoms with van der Waals surface area (Å²) in [5, 5.41) is 30.7. The molecule has 2 amide bonds. The number of carbonyl (C=O) groups is 2. The molecule has 0 unspecified atom stereocenters. The van der Waals surface area contributed by atoms with E-state index in [1.54, 1.807) is 35.2 Å². The van der Waals surface area contributed by atoms with Crippen LogP contribution in [0.15, 0.2) is 42.0 Å². The molecule has 0 saturated carbocycles. The first-order valence-electron chi connectivity index (χ1n) is 10.6. The number of nitrogens with one attached hydrogen (secondary N) is 1. The minimum absolute atomic E-state index is 0.00114. The second-order valence-corrected chi connectivity index (χ2v) is 8.01. The smallest absolute Gasteiger partial charge is 0.447 e. The van der Waals surface area contributed by atoms with Gasteiger partial charge in [0.05, 0.1) is 12.1 Å². The van der Waals surface area contributed by atoms with Crippen LogP contribution in [0.25, 0.3) is 0 Å². The van der Waals surface area contributed by atoms with Crippen LogP contribution in [0, 0.1) is 17.2 Å². The van der Waals surface area contributed by atoms with Gasteiger partial charge in [0.25, 0.3) is 5.91 Å². The number of amides is 2. The van der Waals surface area contributed by atoms with Crippen LogP contribution in [-0.2, 0) is 9.53 Å². The van der Waals surface area contributed by atoms with Crippen molar-refractivity contribution < 1.29 is 24.4 Å². The number of benzene rings is 1. The van der Waals surface area contributed by atoms with Gasteiger partial charge in [-0.25, -0.2) is 4.79 Å². The molecule has 8 nitrogen and oxygen atoms in total. The summed E-state index contributed by atoms with van der Waals surface area (Å²) >= 11 is 0. The third kappa shape index (κ3) is 7.74. The highest BCUT2D eigenvalue weighted by Gasteiger charge is 2.30. The number of piperidine rings is 1. The Balaban J connectivity index is 2.01. The van der Waals surface area contributed by atoms with E-state index < -0.39 is 19.3 Å². The Bertz CT molecular complexity index is 807. The van der Waals surface area contributed by atoms with Crippen LogP contribution in [0.1, 0.15) is 44.7 Å². The van der Waals surface area contributed by atoms with Gasteiger partial charge in [-0.15, -0.1) is 0 Å². The number of nitrogens with zero attached hydrogens (tertiary/aromatic N) is 2. The molecule has 2 rings (SSSR count). The van der Waals surface area contributed by atoms with Crippen LogP contribution in [0.2, 0.25) is 6.32 Å². The van der Waals surface area contributed by atoms with Crippen molar-refractivity contribution in [2.24, 2.45) is 5.92 Å². The Labute approximate surface area is 183 Å². The van der Waals surface area contributed by atoms with E-state index in [4.69, 9.17) is 4.74 Å². The third-order valence-electron chi connectivity index (χ3n) is 5.09. The molecule has 166 valence electrons. The van der Waals surface area contributed by atoms with Gasteiger partial charge in [-0.2, -0.15) is 5.26 Å². The summed E-state index contributed by atoms with van der Waals surface area (Å²) in [5.41, 5.74) is 0.826. The standard InChI is InChI=1S/C22H30BN3O5/c1-16(2)12-18(14-24)21(27)26-11-7-6-10-19(26)15-31-22(28)25-20(13-23(29)30)17-8-4-3-5-9-17/h3-5,8-9,12,16,19-20,29-30H,6-7,10-11,13,15H2,1-2H3,(H,25,28)/t19-,20+/m0/s1. The summed E-state index contributed by atoms with van der Waals surface area (Å²) in [6.45, 7) is 4.31. The van der Waals surface area contributed by atoms with E-state index in [1.807, 2.05) is 26.0 Å². The van der Waals surface area contributed by atoms with Crippen molar-refractivity contribution in [1.82, 2.24) is 10.2 Å². The number of hydrogen-bond acceptors (Lipinski definition) is 6. The van der Waals surface area contributed by atoms with Crippen LogP contribution in [0.5, 0.6) is 0 Å². The molecule has 1 aromatic rings. The van der Waals surface area contributed by atoms with E-state index in [-0.39, 0.29) is 36.4 Å². The lowest BCUT2D eigenvalue weighted by Gasteiger charge is -2.35. The van der Waals surface area contributed by atoms with E-state index in [9.17, 15) is 24.9 Å². The molecule has 0 aliphatic carbocycles. The predicted octanol–water partition coefficient (Wildman–Crippen LogP) is 2.41. The van der Waals surface area contributed by atoms with Crippen molar-refractivity contribution in [3.63, 3.8) is 0 Å². The average Bonchev–Trinajstić information content (AvgIpc) is 2.75. The maximum Gasteiger partial charge on any atom is 0.453 e. The molecule has 0 radical (unpaired) electrons. The lowest BCUT2D eigenvalue weighted by atomic mass is 9.79. The van der Waals surface area contributed by atoms with Crippen molar-refractivity contribution in [2.75, 3.05) is 13.2 Å². The minimum Gasteiger partial charge on any atom is -0.447 e. The molecule has 3 N–H and O–H groups in total. The fourth-order valence-electron chi connectivity index (χ4n) is 3.62. The summed E-state index contributed by atoms with van der Waals surface area (Å²) in [6, 6.07) is 10.0. The van der Waals surface area contributed by atoms with Crippen molar-refractivity contribution in [3.05, 3.63) is 47.5 Å². The monoisotopic (exact) mass is 427 g/mol. The molecular formula is C22H30BN3O5. The molecule has 31 heavy (non-hydrogen) atoms. The Kier molecular flexibility index (Phi) is 9.57. The normalized spacial score (nSPS) is 17.6. The molecule has 0 bridgehead atoms. The van der Waals surface area contributed by atoms with Crippen molar-refractivity contribution in [1.29, 1.82) is 5.26 Å². The number of ether oxygens (including phenoxy) is 1. The quantitative estimate of drug-likeness (QED) is 0.333. The number of allylic oxidation sites excluding steroid dienone is 1. The van der Waals surface area contributed by atoms with Crippen LogP contribution < -0.4 is 5.32 Å². The van der Waals surface area contributed by atoms with Gasteiger partial charge >= 0.3 is 13.2 Å². The molecule has 1 aromatic carbocycles. The summed E-state index contributed by atoms with van der Waals surface area (Å²) in [4.78, 5) is 26.8. The van der Waals surface area contributed by atoms with Crippen LogP contribution >= 0.6 is 0 Å². The van der Waals surface area contributed by atoms with Gasteiger partial charge in [-0.05, 0) is 30.7 Å². The zero-order chi connectivity index (χ0) is 22.8. The first kappa shape index (κ1) is 24.4. The predicted molar refractivity (Wildman–Crippen MR) is 117 cm³/mol. The number of carbonyl (C=O) groups excluding carboxylic acids is 2. The Morgan fingerprint density at radius 3 is 2.65 bits per heavy atom. The topological polar surface area (TPSA) is 123 Å². The first-order valence-corrected chi connectivity index (χ1v) is 10.6. The molecule has 0 spiro atoms. The van der Waals surface area contributed by atoms with Crippen molar-refractivity contribution in [2.45, 2.75) is 51.5 Å². The van der Waals surface area contributed by atoms with Gasteiger partial charge in [-0.3, -0.25) is 4.79 Å². The zero-order valence-electron chi connectivity index (χ0n) is 18.0. The Hall–Kier alpha value is -2.83. The van der Waals surface area contributed by atoms with E-state index in [0.717, 1.165) is 18.4 Å². The molecular weight excluding hydrogens is 397 g/mol. The first-order chi connectivity index (χ1) is 14.8. The van der Waals surface area contributed by atoms with Crippen LogP contribution in [0.3, 0.4) is 0 Å². The highest BCUT2D eigenvalue weighted by molar-refractivity contribution is 6.41. The fraction of sp³-hybridized carbons (Fsp3) is 0.500. The Morgan fingerprint density at radius 2 is 2.03 bits per heavy atom. The number of rotatable bonds is 8. The lowest BCUT2D eigenvalue weighted by molar-refractivity contribution is -0.131. The molecule has 1 heterocycles. The largest absolute Gasteiger partial charge is 0.453 e. The number of hydrogen-bond donors (Lipinski definition) is 3. The van der Waals surface area contributed by atoms with Crippen molar-refractivity contribution in [3.8, 4) is 6.07 Å². The third-order valence-corrected chi connectivity index (χ3v) is 5.09. The van der Waals surface area contributed by atoms with Gasteiger partial charge in [0.15, 0.2) is 0 Å². The highest BCUT2D eigenvalue weighted by Crippen LogP contribution is 2.21. The molecule has 1 fully saturated rings. The van der Waals surface area contributed by atoms with E-state index in [2.05, 4.69) is 5.32 Å². The SMILES string of the molecule is CC(C)C=C(C#N)C(=O)N1CCCC[C@H]1COC(=O)N[C@H](CB(O)O)c1ccccc1. The van der Waals surface area contributed by atoms with Gasteiger partial charge in [-0.1, -0.05) is 50.3 Å². The van der Waals surface area contributed by atoms with Gasteiger partial charge < -0.3 is 25.0 Å². The van der Waals surface area contributed by atoms with E-state index in [1.165, 1.54) is 0 Å². The molecule has 0 aromatic heterocycles. The van der Waals surface area contributed by atoms with E-state index in [0.29, 0.717) is 13.0 Å². The summed E-state index contributed by atoms with van der Waals surface area (Å²) in [7, 11) is -1.59. The molecule has 9 heteroatoms. The molecule has 1 saturated heterocycles. The summed E-state index contributed by atoms with van der Waals surface area (Å²) < 4.78 is 5.38. The second kappa shape index (κ2) is 12.1. The zero-order valence-corrected chi connectivity index (χ0v) is 18.0. The van der Waals surface area contributed by atoms with Gasteiger partial charge in [0.1, 0.15) is 18.2 Å². The summed E-state index contributed by atoms with van der Waals surface area (Å²) in [5.74, 6) is -0.267. The van der Waals surface area contributed by atoms with Crippen molar-refractivity contribution >= 4 is 19.1 Å². The average molecular weight is 427 g/mol. The number of alkyl carbamates (subject to hydrolysis) is 1. The van der Waals surface area contributed by atoms with E-state index >= 15 is 0 Å². The Morgan fingerprint density at radius 1 is 1.32 bits per heavy atom. The maximum absolute atomic E-state index is 12.8. The van der Waals surface area contributed by atoms with Gasteiger partial charge in [0.2, 0.25) is 0 Å². The fourth-order valence-corrected chi connectivity index (χ4v) is 3.62.